The Morgan fingerprint density at radius 1 is 0.633 bits per heavy atom. The van der Waals surface area contributed by atoms with E-state index in [0.717, 1.165) is 41.1 Å². The highest BCUT2D eigenvalue weighted by Crippen LogP contribution is 2.18. The molecule has 3 heterocycles. The number of rotatable bonds is 13. The van der Waals surface area contributed by atoms with Crippen molar-refractivity contribution < 1.29 is 44.8 Å². The Labute approximate surface area is 172 Å². The molecule has 0 radical (unpaired) electrons. The van der Waals surface area contributed by atoms with E-state index < -0.39 is 40.4 Å². The minimum atomic E-state index is -0.601. The Kier molecular flexibility index (Phi) is 10.3. The first-order valence-electron chi connectivity index (χ1n) is 9.07. The van der Waals surface area contributed by atoms with E-state index in [1.807, 2.05) is 0 Å². The highest BCUT2D eigenvalue weighted by atomic mass is 16.6. The first kappa shape index (κ1) is 24.3. The molecule has 2 atom stereocenters. The third-order valence-electron chi connectivity index (χ3n) is 3.89. The summed E-state index contributed by atoms with van der Waals surface area (Å²) >= 11 is 0. The molecule has 15 nitrogen and oxygen atoms in total. The maximum absolute atomic E-state index is 9.11. The van der Waals surface area contributed by atoms with E-state index in [4.69, 9.17) is 44.8 Å². The van der Waals surface area contributed by atoms with E-state index in [2.05, 4.69) is 15.0 Å². The molecule has 6 N–H and O–H groups in total. The molecule has 0 bridgehead atoms. The van der Waals surface area contributed by atoms with Crippen LogP contribution in [0.5, 0.6) is 0 Å². The van der Waals surface area contributed by atoms with Gasteiger partial charge in [-0.2, -0.15) is 15.0 Å². The average Bonchev–Trinajstić information content (AvgIpc) is 3.68. The topological polar surface area (TPSA) is 204 Å². The normalized spacial score (nSPS) is 19.0. The van der Waals surface area contributed by atoms with Gasteiger partial charge < -0.3 is 44.8 Å². The minimum absolute atomic E-state index is 0.168. The maximum Gasteiger partial charge on any atom is 0.235 e. The van der Waals surface area contributed by atoms with Crippen LogP contribution in [-0.4, -0.2) is 125 Å². The number of epoxide rings is 2. The summed E-state index contributed by atoms with van der Waals surface area (Å²) in [5.41, 5.74) is 0. The van der Waals surface area contributed by atoms with Gasteiger partial charge in [0.25, 0.3) is 0 Å². The quantitative estimate of drug-likeness (QED) is 0.128. The first-order valence-corrected chi connectivity index (χ1v) is 9.07. The average molecular weight is 436 g/mol. The number of hydrogen-bond donors (Lipinski definition) is 6. The largest absolute Gasteiger partial charge is 0.376 e. The van der Waals surface area contributed by atoms with E-state index in [1.54, 1.807) is 0 Å². The van der Waals surface area contributed by atoms with Gasteiger partial charge in [-0.15, -0.1) is 0 Å². The van der Waals surface area contributed by atoms with E-state index in [1.165, 1.54) is 0 Å². The lowest BCUT2D eigenvalue weighted by atomic mass is 10.5. The predicted octanol–water partition coefficient (Wildman–Crippen LogP) is -4.21. The summed E-state index contributed by atoms with van der Waals surface area (Å²) in [7, 11) is 0. The fraction of sp³-hybridized carbons (Fsp3) is 0.800. The second kappa shape index (κ2) is 12.7. The van der Waals surface area contributed by atoms with Crippen LogP contribution in [0.15, 0.2) is 0 Å². The zero-order valence-corrected chi connectivity index (χ0v) is 16.3. The van der Waals surface area contributed by atoms with Crippen molar-refractivity contribution in [3.63, 3.8) is 0 Å². The van der Waals surface area contributed by atoms with Gasteiger partial charge in [0.15, 0.2) is 0 Å². The highest BCUT2D eigenvalue weighted by Gasteiger charge is 2.26. The highest BCUT2D eigenvalue weighted by molar-refractivity contribution is 5.45. The molecule has 0 aromatic carbocycles. The van der Waals surface area contributed by atoms with E-state index in [-0.39, 0.29) is 17.8 Å². The van der Waals surface area contributed by atoms with Gasteiger partial charge in [0.05, 0.1) is 26.4 Å². The molecular weight excluding hydrogens is 408 g/mol. The van der Waals surface area contributed by atoms with Crippen LogP contribution in [0.3, 0.4) is 0 Å². The van der Waals surface area contributed by atoms with Gasteiger partial charge >= 0.3 is 0 Å². The van der Waals surface area contributed by atoms with Crippen molar-refractivity contribution in [3.05, 3.63) is 0 Å². The molecule has 2 saturated heterocycles. The lowest BCUT2D eigenvalue weighted by Gasteiger charge is -2.24. The van der Waals surface area contributed by atoms with Crippen LogP contribution in [0.4, 0.5) is 17.8 Å². The van der Waals surface area contributed by atoms with Crippen LogP contribution in [0, 0.1) is 0 Å². The SMILES string of the molecule is C(OCC1CO1)C1CO1.OCN(CO)c1nc(N(CO)CO)nc(N(CO)CO)n1. The molecule has 2 aliphatic rings. The summed E-state index contributed by atoms with van der Waals surface area (Å²) in [5, 5.41) is 54.6. The van der Waals surface area contributed by atoms with Gasteiger partial charge in [0.2, 0.25) is 17.8 Å². The third kappa shape index (κ3) is 7.71. The van der Waals surface area contributed by atoms with Crippen molar-refractivity contribution >= 4 is 17.8 Å². The number of anilines is 3. The third-order valence-corrected chi connectivity index (χ3v) is 3.89. The Bertz CT molecular complexity index is 524. The van der Waals surface area contributed by atoms with Gasteiger partial charge in [-0.3, -0.25) is 14.7 Å². The Morgan fingerprint density at radius 2 is 0.900 bits per heavy atom. The summed E-state index contributed by atoms with van der Waals surface area (Å²) in [6.45, 7) is -0.347. The van der Waals surface area contributed by atoms with Gasteiger partial charge in [-0.25, -0.2) is 0 Å². The zero-order chi connectivity index (χ0) is 21.9. The predicted molar refractivity (Wildman–Crippen MR) is 100 cm³/mol. The molecular formula is C15H28N6O9. The van der Waals surface area contributed by atoms with E-state index >= 15 is 0 Å². The van der Waals surface area contributed by atoms with Crippen LogP contribution in [0.2, 0.25) is 0 Å². The van der Waals surface area contributed by atoms with Crippen molar-refractivity contribution in [3.8, 4) is 0 Å². The second-order valence-electron chi connectivity index (χ2n) is 6.15. The first-order chi connectivity index (χ1) is 14.6. The van der Waals surface area contributed by atoms with Crippen LogP contribution in [0.1, 0.15) is 0 Å². The summed E-state index contributed by atoms with van der Waals surface area (Å²) in [4.78, 5) is 14.5. The summed E-state index contributed by atoms with van der Waals surface area (Å²) < 4.78 is 15.1. The standard InChI is InChI=1S/C9H18N6O6.C6H10O3/c16-1-13(2-17)7-10-8(14(3-18)4-19)12-9(11-7)15(5-20)6-21;1(5-3-8-5)7-2-6-4-9-6/h16-21H,1-6H2;5-6H,1-4H2. The van der Waals surface area contributed by atoms with Crippen molar-refractivity contribution in [1.29, 1.82) is 0 Å². The molecule has 0 amide bonds. The monoisotopic (exact) mass is 436 g/mol. The number of hydrogen-bond acceptors (Lipinski definition) is 15. The van der Waals surface area contributed by atoms with Gasteiger partial charge in [-0.1, -0.05) is 0 Å². The minimum Gasteiger partial charge on any atom is -0.376 e. The smallest absolute Gasteiger partial charge is 0.235 e. The fourth-order valence-corrected chi connectivity index (χ4v) is 1.94. The summed E-state index contributed by atoms with van der Waals surface area (Å²) in [6, 6.07) is 0. The molecule has 2 aliphatic heterocycles. The van der Waals surface area contributed by atoms with Crippen molar-refractivity contribution in [2.45, 2.75) is 12.2 Å². The van der Waals surface area contributed by atoms with Crippen LogP contribution < -0.4 is 14.7 Å². The van der Waals surface area contributed by atoms with Crippen LogP contribution in [0.25, 0.3) is 0 Å². The molecule has 1 aromatic rings. The van der Waals surface area contributed by atoms with Crippen molar-refractivity contribution in [2.24, 2.45) is 0 Å². The summed E-state index contributed by atoms with van der Waals surface area (Å²) in [6.07, 6.45) is 0.785. The number of nitrogens with zero attached hydrogens (tertiary/aromatic N) is 6. The fourth-order valence-electron chi connectivity index (χ4n) is 1.94. The number of aliphatic hydroxyl groups excluding tert-OH is 6. The van der Waals surface area contributed by atoms with Crippen LogP contribution in [-0.2, 0) is 14.2 Å². The molecule has 0 saturated carbocycles. The molecule has 30 heavy (non-hydrogen) atoms. The Morgan fingerprint density at radius 3 is 1.10 bits per heavy atom. The molecule has 15 heteroatoms. The lowest BCUT2D eigenvalue weighted by Crippen LogP contribution is -2.34. The molecule has 0 spiro atoms. The molecule has 0 aliphatic carbocycles. The lowest BCUT2D eigenvalue weighted by molar-refractivity contribution is 0.102. The Balaban J connectivity index is 0.000000290. The van der Waals surface area contributed by atoms with E-state index in [9.17, 15) is 0 Å². The Hall–Kier alpha value is -1.95. The molecule has 2 unspecified atom stereocenters. The van der Waals surface area contributed by atoms with Crippen LogP contribution >= 0.6 is 0 Å². The molecule has 2 fully saturated rings. The number of aromatic nitrogens is 3. The van der Waals surface area contributed by atoms with Crippen molar-refractivity contribution in [2.75, 3.05) is 81.5 Å². The summed E-state index contributed by atoms with van der Waals surface area (Å²) in [5.74, 6) is -0.503. The second-order valence-corrected chi connectivity index (χ2v) is 6.15. The van der Waals surface area contributed by atoms with Crippen molar-refractivity contribution in [1.82, 2.24) is 15.0 Å². The molecule has 3 rings (SSSR count). The van der Waals surface area contributed by atoms with Gasteiger partial charge in [0.1, 0.15) is 52.6 Å². The number of ether oxygens (including phenoxy) is 3. The van der Waals surface area contributed by atoms with Gasteiger partial charge in [0, 0.05) is 0 Å². The number of aliphatic hydroxyl groups is 6. The maximum atomic E-state index is 9.11. The van der Waals surface area contributed by atoms with E-state index in [0.29, 0.717) is 12.2 Å². The zero-order valence-electron chi connectivity index (χ0n) is 16.3. The van der Waals surface area contributed by atoms with Gasteiger partial charge in [-0.05, 0) is 0 Å². The molecule has 1 aromatic heterocycles. The molecule has 172 valence electrons.